The molecule has 1 fully saturated rings. The minimum atomic E-state index is 0.565. The van der Waals surface area contributed by atoms with E-state index in [1.54, 1.807) is 19.5 Å². The van der Waals surface area contributed by atoms with E-state index in [0.29, 0.717) is 5.88 Å². The Labute approximate surface area is 108 Å². The topological polar surface area (TPSA) is 67.5 Å². The van der Waals surface area contributed by atoms with Crippen molar-refractivity contribution < 1.29 is 4.74 Å². The Kier molecular flexibility index (Phi) is 4.72. The molecule has 1 aromatic rings. The molecule has 0 atom stereocenters. The van der Waals surface area contributed by atoms with Crippen molar-refractivity contribution in [2.75, 3.05) is 51.3 Å². The van der Waals surface area contributed by atoms with Gasteiger partial charge in [0.15, 0.2) is 5.82 Å². The number of nitrogens with two attached hydrogens (primary N) is 1. The van der Waals surface area contributed by atoms with E-state index in [-0.39, 0.29) is 0 Å². The predicted molar refractivity (Wildman–Crippen MR) is 70.9 cm³/mol. The zero-order chi connectivity index (χ0) is 12.8. The fourth-order valence-electron chi connectivity index (χ4n) is 2.20. The third kappa shape index (κ3) is 3.30. The van der Waals surface area contributed by atoms with Crippen molar-refractivity contribution in [3.8, 4) is 5.88 Å². The Morgan fingerprint density at radius 2 is 2.17 bits per heavy atom. The number of hydrogen-bond donors (Lipinski definition) is 1. The second-order valence-corrected chi connectivity index (χ2v) is 4.39. The van der Waals surface area contributed by atoms with E-state index in [4.69, 9.17) is 10.5 Å². The monoisotopic (exact) mass is 251 g/mol. The second kappa shape index (κ2) is 6.51. The van der Waals surface area contributed by atoms with Gasteiger partial charge in [-0.05, 0) is 13.0 Å². The molecule has 0 amide bonds. The highest BCUT2D eigenvalue weighted by atomic mass is 16.5. The summed E-state index contributed by atoms with van der Waals surface area (Å²) in [4.78, 5) is 13.2. The fourth-order valence-corrected chi connectivity index (χ4v) is 2.20. The highest BCUT2D eigenvalue weighted by molar-refractivity contribution is 5.37. The van der Waals surface area contributed by atoms with Crippen molar-refractivity contribution in [2.45, 2.75) is 6.42 Å². The highest BCUT2D eigenvalue weighted by Crippen LogP contribution is 2.15. The highest BCUT2D eigenvalue weighted by Gasteiger charge is 2.16. The molecule has 0 aromatic carbocycles. The van der Waals surface area contributed by atoms with E-state index in [9.17, 15) is 0 Å². The largest absolute Gasteiger partial charge is 0.480 e. The first kappa shape index (κ1) is 13.0. The molecule has 1 aliphatic heterocycles. The lowest BCUT2D eigenvalue weighted by Gasteiger charge is -2.22. The van der Waals surface area contributed by atoms with Crippen molar-refractivity contribution in [1.29, 1.82) is 0 Å². The normalized spacial score (nSPS) is 17.6. The standard InChI is InChI=1S/C12H21N5O/c1-18-12-10-14-9-11(15-12)17-5-2-4-16(6-3-13)7-8-17/h9-10H,2-8,13H2,1H3. The molecule has 0 radical (unpaired) electrons. The molecule has 0 aliphatic carbocycles. The average molecular weight is 251 g/mol. The number of anilines is 1. The molecule has 0 saturated carbocycles. The maximum absolute atomic E-state index is 5.60. The minimum Gasteiger partial charge on any atom is -0.480 e. The summed E-state index contributed by atoms with van der Waals surface area (Å²) in [7, 11) is 1.61. The van der Waals surface area contributed by atoms with Gasteiger partial charge in [-0.25, -0.2) is 0 Å². The molecular weight excluding hydrogens is 230 g/mol. The van der Waals surface area contributed by atoms with Gasteiger partial charge in [-0.1, -0.05) is 0 Å². The Hall–Kier alpha value is -1.40. The summed E-state index contributed by atoms with van der Waals surface area (Å²) in [5.74, 6) is 1.46. The number of aromatic nitrogens is 2. The van der Waals surface area contributed by atoms with Crippen LogP contribution >= 0.6 is 0 Å². The first-order chi connectivity index (χ1) is 8.83. The molecule has 0 spiro atoms. The Morgan fingerprint density at radius 1 is 1.28 bits per heavy atom. The summed E-state index contributed by atoms with van der Waals surface area (Å²) in [6, 6.07) is 0. The average Bonchev–Trinajstić information content (AvgIpc) is 2.65. The predicted octanol–water partition coefficient (Wildman–Crippen LogP) is -0.0440. The summed E-state index contributed by atoms with van der Waals surface area (Å²) in [5.41, 5.74) is 5.60. The molecule has 6 heteroatoms. The van der Waals surface area contributed by atoms with Gasteiger partial charge in [0.2, 0.25) is 5.88 Å². The van der Waals surface area contributed by atoms with E-state index in [1.165, 1.54) is 0 Å². The van der Waals surface area contributed by atoms with Gasteiger partial charge in [-0.3, -0.25) is 4.98 Å². The summed E-state index contributed by atoms with van der Waals surface area (Å²) >= 11 is 0. The Morgan fingerprint density at radius 3 is 2.94 bits per heavy atom. The number of nitrogens with zero attached hydrogens (tertiary/aromatic N) is 4. The van der Waals surface area contributed by atoms with Crippen LogP contribution in [0, 0.1) is 0 Å². The summed E-state index contributed by atoms with van der Waals surface area (Å²) in [6.45, 7) is 5.78. The molecule has 0 unspecified atom stereocenters. The van der Waals surface area contributed by atoms with Crippen LogP contribution < -0.4 is 15.4 Å². The van der Waals surface area contributed by atoms with Crippen LogP contribution in [0.5, 0.6) is 5.88 Å². The van der Waals surface area contributed by atoms with Crippen LogP contribution in [0.1, 0.15) is 6.42 Å². The zero-order valence-electron chi connectivity index (χ0n) is 10.9. The molecule has 100 valence electrons. The third-order valence-corrected chi connectivity index (χ3v) is 3.17. The third-order valence-electron chi connectivity index (χ3n) is 3.17. The van der Waals surface area contributed by atoms with Crippen LogP contribution in [-0.4, -0.2) is 61.2 Å². The van der Waals surface area contributed by atoms with Crippen molar-refractivity contribution in [2.24, 2.45) is 5.73 Å². The SMILES string of the molecule is COc1cncc(N2CCCN(CCN)CC2)n1. The van der Waals surface area contributed by atoms with E-state index in [1.807, 2.05) is 0 Å². The van der Waals surface area contributed by atoms with Crippen LogP contribution in [-0.2, 0) is 0 Å². The van der Waals surface area contributed by atoms with Crippen LogP contribution in [0.25, 0.3) is 0 Å². The summed E-state index contributed by atoms with van der Waals surface area (Å²) in [6.07, 6.45) is 4.54. The first-order valence-corrected chi connectivity index (χ1v) is 6.37. The molecule has 6 nitrogen and oxygen atoms in total. The maximum Gasteiger partial charge on any atom is 0.233 e. The van der Waals surface area contributed by atoms with Gasteiger partial charge in [-0.15, -0.1) is 0 Å². The number of rotatable bonds is 4. The molecule has 2 rings (SSSR count). The lowest BCUT2D eigenvalue weighted by atomic mass is 10.4. The van der Waals surface area contributed by atoms with Gasteiger partial charge >= 0.3 is 0 Å². The van der Waals surface area contributed by atoms with Crippen LogP contribution in [0.3, 0.4) is 0 Å². The lowest BCUT2D eigenvalue weighted by Crippen LogP contribution is -2.34. The quantitative estimate of drug-likeness (QED) is 0.809. The van der Waals surface area contributed by atoms with Crippen molar-refractivity contribution in [3.05, 3.63) is 12.4 Å². The second-order valence-electron chi connectivity index (χ2n) is 4.39. The molecule has 1 aromatic heterocycles. The van der Waals surface area contributed by atoms with E-state index in [2.05, 4.69) is 19.8 Å². The fraction of sp³-hybridized carbons (Fsp3) is 0.667. The molecule has 2 heterocycles. The Balaban J connectivity index is 2.00. The van der Waals surface area contributed by atoms with Gasteiger partial charge in [0.25, 0.3) is 0 Å². The lowest BCUT2D eigenvalue weighted by molar-refractivity contribution is 0.302. The number of methoxy groups -OCH3 is 1. The van der Waals surface area contributed by atoms with E-state index >= 15 is 0 Å². The molecule has 1 saturated heterocycles. The van der Waals surface area contributed by atoms with Crippen molar-refractivity contribution in [3.63, 3.8) is 0 Å². The van der Waals surface area contributed by atoms with Crippen LogP contribution in [0.4, 0.5) is 5.82 Å². The first-order valence-electron chi connectivity index (χ1n) is 6.37. The number of hydrogen-bond acceptors (Lipinski definition) is 6. The van der Waals surface area contributed by atoms with Crippen LogP contribution in [0.2, 0.25) is 0 Å². The molecule has 18 heavy (non-hydrogen) atoms. The van der Waals surface area contributed by atoms with Crippen molar-refractivity contribution >= 4 is 5.82 Å². The maximum atomic E-state index is 5.60. The van der Waals surface area contributed by atoms with Gasteiger partial charge in [0.1, 0.15) is 0 Å². The van der Waals surface area contributed by atoms with E-state index < -0.39 is 0 Å². The molecule has 1 aliphatic rings. The van der Waals surface area contributed by atoms with Gasteiger partial charge < -0.3 is 20.3 Å². The summed E-state index contributed by atoms with van der Waals surface area (Å²) < 4.78 is 5.11. The van der Waals surface area contributed by atoms with Crippen LogP contribution in [0.15, 0.2) is 12.4 Å². The smallest absolute Gasteiger partial charge is 0.233 e. The van der Waals surface area contributed by atoms with Gasteiger partial charge in [0.05, 0.1) is 19.5 Å². The van der Waals surface area contributed by atoms with Gasteiger partial charge in [0, 0.05) is 32.7 Å². The Bertz CT molecular complexity index is 373. The summed E-state index contributed by atoms with van der Waals surface area (Å²) in [5, 5.41) is 0. The molecular formula is C12H21N5O. The van der Waals surface area contributed by atoms with Gasteiger partial charge in [-0.2, -0.15) is 4.98 Å². The van der Waals surface area contributed by atoms with E-state index in [0.717, 1.165) is 51.5 Å². The molecule has 2 N–H and O–H groups in total. The minimum absolute atomic E-state index is 0.565. The van der Waals surface area contributed by atoms with Crippen molar-refractivity contribution in [1.82, 2.24) is 14.9 Å². The zero-order valence-corrected chi connectivity index (χ0v) is 10.9. The molecule has 0 bridgehead atoms. The number of ether oxygens (including phenoxy) is 1.